The van der Waals surface area contributed by atoms with Crippen LogP contribution < -0.4 is 15.8 Å². The average molecular weight is 576 g/mol. The number of benzene rings is 1. The van der Waals surface area contributed by atoms with Gasteiger partial charge in [-0.05, 0) is 54.1 Å². The van der Waals surface area contributed by atoms with Gasteiger partial charge in [-0.1, -0.05) is 0 Å². The average Bonchev–Trinajstić information content (AvgIpc) is 2.94. The summed E-state index contributed by atoms with van der Waals surface area (Å²) in [5, 5.41) is 2.52. The maximum absolute atomic E-state index is 13.8. The molecule has 0 spiro atoms. The van der Waals surface area contributed by atoms with Crippen molar-refractivity contribution in [1.82, 2.24) is 20.2 Å². The normalized spacial score (nSPS) is 15.1. The number of anilines is 1. The highest BCUT2D eigenvalue weighted by Gasteiger charge is 2.36. The minimum Gasteiger partial charge on any atom is -0.491 e. The minimum absolute atomic E-state index is 0.0477. The van der Waals surface area contributed by atoms with Crippen molar-refractivity contribution in [2.75, 3.05) is 32.0 Å². The fourth-order valence-electron chi connectivity index (χ4n) is 4.03. The second kappa shape index (κ2) is 12.3. The molecule has 0 atom stereocenters. The van der Waals surface area contributed by atoms with Crippen LogP contribution in [0.15, 0.2) is 60.9 Å². The van der Waals surface area contributed by atoms with E-state index in [1.807, 2.05) is 0 Å². The van der Waals surface area contributed by atoms with Gasteiger partial charge in [0.15, 0.2) is 0 Å². The lowest BCUT2D eigenvalue weighted by Crippen LogP contribution is -2.42. The molecule has 3 aromatic rings. The van der Waals surface area contributed by atoms with Crippen LogP contribution in [0, 0.1) is 0 Å². The molecule has 2 aromatic heterocycles. The zero-order chi connectivity index (χ0) is 29.6. The first kappa shape index (κ1) is 29.4. The number of piperidine rings is 1. The van der Waals surface area contributed by atoms with E-state index in [1.54, 1.807) is 12.1 Å². The van der Waals surface area contributed by atoms with Crippen LogP contribution in [0.25, 0.3) is 17.3 Å². The first-order valence-electron chi connectivity index (χ1n) is 12.6. The second-order valence-electron chi connectivity index (χ2n) is 9.28. The Morgan fingerprint density at radius 3 is 2.44 bits per heavy atom. The molecule has 2 amide bonds. The van der Waals surface area contributed by atoms with Crippen LogP contribution in [-0.2, 0) is 11.0 Å². The van der Waals surface area contributed by atoms with Crippen molar-refractivity contribution in [1.29, 1.82) is 0 Å². The van der Waals surface area contributed by atoms with Gasteiger partial charge in [0.1, 0.15) is 18.2 Å². The third kappa shape index (κ3) is 7.99. The summed E-state index contributed by atoms with van der Waals surface area (Å²) in [5.74, 6) is -3.82. The van der Waals surface area contributed by atoms with Crippen molar-refractivity contribution in [3.05, 3.63) is 77.6 Å². The van der Waals surface area contributed by atoms with Crippen molar-refractivity contribution < 1.29 is 36.3 Å². The highest BCUT2D eigenvalue weighted by molar-refractivity contribution is 5.94. The van der Waals surface area contributed by atoms with Gasteiger partial charge >= 0.3 is 6.18 Å². The molecule has 1 aliphatic heterocycles. The summed E-state index contributed by atoms with van der Waals surface area (Å²) >= 11 is 0. The maximum Gasteiger partial charge on any atom is 0.419 e. The van der Waals surface area contributed by atoms with E-state index in [0.717, 1.165) is 12.1 Å². The van der Waals surface area contributed by atoms with Crippen molar-refractivity contribution >= 4 is 23.7 Å². The van der Waals surface area contributed by atoms with Gasteiger partial charge in [-0.25, -0.2) is 13.8 Å². The van der Waals surface area contributed by atoms with Crippen LogP contribution >= 0.6 is 0 Å². The van der Waals surface area contributed by atoms with E-state index in [9.17, 15) is 31.5 Å². The van der Waals surface area contributed by atoms with Crippen LogP contribution in [0.2, 0.25) is 0 Å². The molecule has 216 valence electrons. The van der Waals surface area contributed by atoms with Gasteiger partial charge in [0, 0.05) is 50.0 Å². The predicted molar refractivity (Wildman–Crippen MR) is 141 cm³/mol. The Balaban J connectivity index is 1.36. The Labute approximate surface area is 232 Å². The molecular weight excluding hydrogens is 549 g/mol. The summed E-state index contributed by atoms with van der Waals surface area (Å²) in [5.41, 5.74) is 5.58. The van der Waals surface area contributed by atoms with E-state index in [4.69, 9.17) is 10.5 Å². The molecule has 8 nitrogen and oxygen atoms in total. The highest BCUT2D eigenvalue weighted by Crippen LogP contribution is 2.38. The molecule has 1 saturated heterocycles. The molecule has 0 saturated carbocycles. The number of hydrogen-bond acceptors (Lipinski definition) is 6. The fourth-order valence-corrected chi connectivity index (χ4v) is 4.03. The van der Waals surface area contributed by atoms with E-state index in [-0.39, 0.29) is 43.1 Å². The number of alkyl halides is 5. The largest absolute Gasteiger partial charge is 0.491 e. The monoisotopic (exact) mass is 575 g/mol. The molecule has 1 fully saturated rings. The fraction of sp³-hybridized carbons (Fsp3) is 0.286. The molecule has 1 aliphatic rings. The van der Waals surface area contributed by atoms with Crippen molar-refractivity contribution in [3.63, 3.8) is 0 Å². The number of nitrogens with two attached hydrogens (primary N) is 1. The summed E-state index contributed by atoms with van der Waals surface area (Å²) in [6.07, 6.45) is -0.140. The van der Waals surface area contributed by atoms with Gasteiger partial charge in [0.05, 0.1) is 23.4 Å². The number of halogens is 5. The van der Waals surface area contributed by atoms with E-state index in [2.05, 4.69) is 15.3 Å². The third-order valence-corrected chi connectivity index (χ3v) is 6.27. The molecule has 1 aromatic carbocycles. The predicted octanol–water partition coefficient (Wildman–Crippen LogP) is 4.82. The minimum atomic E-state index is -4.74. The SMILES string of the molecule is Nc1ccc(/C=C/C(=O)NCCOc2ccc(-c3ccc(C(=O)N4CCC(F)(F)CC4)cn3)cc2C(F)(F)F)cn1. The van der Waals surface area contributed by atoms with Gasteiger partial charge in [-0.3, -0.25) is 14.6 Å². The first-order chi connectivity index (χ1) is 19.4. The number of nitrogens with zero attached hydrogens (tertiary/aromatic N) is 3. The lowest BCUT2D eigenvalue weighted by Gasteiger charge is -2.31. The van der Waals surface area contributed by atoms with Crippen molar-refractivity contribution in [2.45, 2.75) is 24.9 Å². The molecule has 0 radical (unpaired) electrons. The Kier molecular flexibility index (Phi) is 8.84. The van der Waals surface area contributed by atoms with E-state index in [0.29, 0.717) is 11.4 Å². The highest BCUT2D eigenvalue weighted by atomic mass is 19.4. The summed E-state index contributed by atoms with van der Waals surface area (Å²) < 4.78 is 73.5. The van der Waals surface area contributed by atoms with Crippen molar-refractivity contribution in [3.8, 4) is 17.0 Å². The number of carbonyl (C=O) groups is 2. The zero-order valence-electron chi connectivity index (χ0n) is 21.6. The number of pyridine rings is 2. The number of hydrogen-bond donors (Lipinski definition) is 2. The number of nitrogens with one attached hydrogen (secondary N) is 1. The van der Waals surface area contributed by atoms with Crippen LogP contribution in [-0.4, -0.2) is 58.8 Å². The number of aromatic nitrogens is 2. The Bertz CT molecular complexity index is 1400. The lowest BCUT2D eigenvalue weighted by molar-refractivity contribution is -0.139. The third-order valence-electron chi connectivity index (χ3n) is 6.27. The van der Waals surface area contributed by atoms with E-state index < -0.39 is 48.1 Å². The Hall–Kier alpha value is -4.55. The molecule has 0 aliphatic carbocycles. The second-order valence-corrected chi connectivity index (χ2v) is 9.28. The van der Waals surface area contributed by atoms with Crippen LogP contribution in [0.5, 0.6) is 5.75 Å². The maximum atomic E-state index is 13.8. The molecule has 3 N–H and O–H groups in total. The standard InChI is InChI=1S/C28H26F5N5O3/c29-27(30)9-12-38(13-10-27)26(40)20-3-5-22(36-17-20)19-4-6-23(21(15-19)28(31,32)33)41-14-11-35-25(39)8-2-18-1-7-24(34)37-16-18/h1-8,15-17H,9-14H2,(H2,34,37)(H,35,39)/b8-2+. The van der Waals surface area contributed by atoms with Crippen LogP contribution in [0.4, 0.5) is 27.8 Å². The zero-order valence-corrected chi connectivity index (χ0v) is 21.6. The molecule has 3 heterocycles. The van der Waals surface area contributed by atoms with Crippen molar-refractivity contribution in [2.24, 2.45) is 0 Å². The van der Waals surface area contributed by atoms with Crippen LogP contribution in [0.1, 0.15) is 34.3 Å². The Morgan fingerprint density at radius 2 is 1.80 bits per heavy atom. The number of nitrogen functional groups attached to an aromatic ring is 1. The van der Waals surface area contributed by atoms with Gasteiger partial charge in [0.2, 0.25) is 5.91 Å². The number of amides is 2. The van der Waals surface area contributed by atoms with E-state index >= 15 is 0 Å². The summed E-state index contributed by atoms with van der Waals surface area (Å²) in [6.45, 7) is -0.450. The van der Waals surface area contributed by atoms with Gasteiger partial charge in [0.25, 0.3) is 11.8 Å². The van der Waals surface area contributed by atoms with Gasteiger partial charge in [-0.15, -0.1) is 0 Å². The molecule has 41 heavy (non-hydrogen) atoms. The molecular formula is C28H26F5N5O3. The van der Waals surface area contributed by atoms with Gasteiger partial charge < -0.3 is 20.7 Å². The molecule has 13 heteroatoms. The Morgan fingerprint density at radius 1 is 1.05 bits per heavy atom. The van der Waals surface area contributed by atoms with E-state index in [1.165, 1.54) is 47.6 Å². The number of carbonyl (C=O) groups excluding carboxylic acids is 2. The number of likely N-dealkylation sites (tertiary alicyclic amines) is 1. The topological polar surface area (TPSA) is 110 Å². The summed E-state index contributed by atoms with van der Waals surface area (Å²) in [7, 11) is 0. The van der Waals surface area contributed by atoms with Crippen LogP contribution in [0.3, 0.4) is 0 Å². The molecule has 0 unspecified atom stereocenters. The number of ether oxygens (including phenoxy) is 1. The first-order valence-corrected chi connectivity index (χ1v) is 12.6. The number of rotatable bonds is 8. The smallest absolute Gasteiger partial charge is 0.419 e. The van der Waals surface area contributed by atoms with Gasteiger partial charge in [-0.2, -0.15) is 13.2 Å². The molecule has 4 rings (SSSR count). The molecule has 0 bridgehead atoms. The quantitative estimate of drug-likeness (QED) is 0.226. The summed E-state index contributed by atoms with van der Waals surface area (Å²) in [6, 6.07) is 9.47. The summed E-state index contributed by atoms with van der Waals surface area (Å²) in [4.78, 5) is 33.9. The lowest BCUT2D eigenvalue weighted by atomic mass is 10.0.